The molecule has 1 rings (SSSR count). The van der Waals surface area contributed by atoms with Crippen LogP contribution < -0.4 is 0 Å². The van der Waals surface area contributed by atoms with Crippen molar-refractivity contribution in [1.82, 2.24) is 0 Å². The van der Waals surface area contributed by atoms with Gasteiger partial charge in [0.25, 0.3) is 0 Å². The summed E-state index contributed by atoms with van der Waals surface area (Å²) in [5.74, 6) is -0.956. The van der Waals surface area contributed by atoms with Crippen LogP contribution in [-0.2, 0) is 9.84 Å². The molecule has 92 valence electrons. The Hall–Kier alpha value is -0.640. The van der Waals surface area contributed by atoms with Crippen molar-refractivity contribution in [3.8, 4) is 6.07 Å². The monoisotopic (exact) mass is 339 g/mol. The minimum Gasteiger partial charge on any atom is -0.224 e. The summed E-state index contributed by atoms with van der Waals surface area (Å²) in [7, 11) is -3.70. The zero-order valence-electron chi connectivity index (χ0n) is 8.58. The lowest BCUT2D eigenvalue weighted by molar-refractivity contribution is 0.562. The van der Waals surface area contributed by atoms with Gasteiger partial charge >= 0.3 is 0 Å². The van der Waals surface area contributed by atoms with Crippen molar-refractivity contribution in [3.05, 3.63) is 28.0 Å². The largest absolute Gasteiger partial charge is 0.224 e. The number of sulfone groups is 1. The SMILES string of the molecule is N#Cc1ccc(S(=O)(=O)CCCCl)c(F)c1Br. The van der Waals surface area contributed by atoms with Gasteiger partial charge in [-0.1, -0.05) is 0 Å². The smallest absolute Gasteiger partial charge is 0.181 e. The second-order valence-electron chi connectivity index (χ2n) is 3.21. The van der Waals surface area contributed by atoms with E-state index in [2.05, 4.69) is 15.9 Å². The van der Waals surface area contributed by atoms with E-state index >= 15 is 0 Å². The first kappa shape index (κ1) is 14.4. The second-order valence-corrected chi connectivity index (χ2v) is 6.46. The van der Waals surface area contributed by atoms with Gasteiger partial charge < -0.3 is 0 Å². The summed E-state index contributed by atoms with van der Waals surface area (Å²) in [4.78, 5) is -0.409. The molecule has 0 aliphatic rings. The van der Waals surface area contributed by atoms with Gasteiger partial charge in [-0.05, 0) is 34.5 Å². The lowest BCUT2D eigenvalue weighted by atomic mass is 10.2. The van der Waals surface area contributed by atoms with Crippen molar-refractivity contribution in [1.29, 1.82) is 5.26 Å². The molecule has 0 aliphatic heterocycles. The minimum atomic E-state index is -3.70. The highest BCUT2D eigenvalue weighted by molar-refractivity contribution is 9.10. The van der Waals surface area contributed by atoms with E-state index < -0.39 is 20.5 Å². The van der Waals surface area contributed by atoms with Crippen molar-refractivity contribution in [2.75, 3.05) is 11.6 Å². The standard InChI is InChI=1S/C10H8BrClFNO2S/c11-9-7(6-14)2-3-8(10(9)13)17(15,16)5-1-4-12/h2-3H,1,4-5H2. The van der Waals surface area contributed by atoms with E-state index in [0.29, 0.717) is 0 Å². The molecule has 7 heteroatoms. The highest BCUT2D eigenvalue weighted by Gasteiger charge is 2.22. The number of rotatable bonds is 4. The lowest BCUT2D eigenvalue weighted by Gasteiger charge is -2.06. The van der Waals surface area contributed by atoms with E-state index in [1.807, 2.05) is 0 Å². The molecule has 0 saturated heterocycles. The molecule has 0 radical (unpaired) electrons. The molecule has 0 saturated carbocycles. The summed E-state index contributed by atoms with van der Waals surface area (Å²) in [6, 6.07) is 4.12. The highest BCUT2D eigenvalue weighted by Crippen LogP contribution is 2.27. The first-order chi connectivity index (χ1) is 7.94. The highest BCUT2D eigenvalue weighted by atomic mass is 79.9. The van der Waals surface area contributed by atoms with Gasteiger partial charge in [0.2, 0.25) is 0 Å². The average Bonchev–Trinajstić information content (AvgIpc) is 2.29. The van der Waals surface area contributed by atoms with Gasteiger partial charge in [0, 0.05) is 5.88 Å². The molecular formula is C10H8BrClFNO2S. The fourth-order valence-corrected chi connectivity index (χ4v) is 3.47. The molecule has 0 amide bonds. The summed E-state index contributed by atoms with van der Waals surface area (Å²) in [6.45, 7) is 0. The zero-order chi connectivity index (χ0) is 13.1. The van der Waals surface area contributed by atoms with Gasteiger partial charge in [0.05, 0.1) is 15.8 Å². The predicted molar refractivity (Wildman–Crippen MR) is 66.2 cm³/mol. The normalized spacial score (nSPS) is 11.2. The summed E-state index contributed by atoms with van der Waals surface area (Å²) in [5, 5.41) is 8.66. The van der Waals surface area contributed by atoms with Gasteiger partial charge in [0.15, 0.2) is 15.7 Å². The van der Waals surface area contributed by atoms with Crippen molar-refractivity contribution in [2.24, 2.45) is 0 Å². The van der Waals surface area contributed by atoms with Gasteiger partial charge in [-0.15, -0.1) is 11.6 Å². The minimum absolute atomic E-state index is 0.0544. The lowest BCUT2D eigenvalue weighted by Crippen LogP contribution is -2.10. The first-order valence-electron chi connectivity index (χ1n) is 4.61. The Morgan fingerprint density at radius 2 is 2.12 bits per heavy atom. The molecule has 0 spiro atoms. The number of nitriles is 1. The van der Waals surface area contributed by atoms with Crippen molar-refractivity contribution in [3.63, 3.8) is 0 Å². The maximum absolute atomic E-state index is 13.8. The maximum Gasteiger partial charge on any atom is 0.181 e. The van der Waals surface area contributed by atoms with Gasteiger partial charge in [-0.2, -0.15) is 5.26 Å². The van der Waals surface area contributed by atoms with Crippen molar-refractivity contribution in [2.45, 2.75) is 11.3 Å². The number of halogens is 3. The molecule has 3 nitrogen and oxygen atoms in total. The molecule has 0 bridgehead atoms. The second kappa shape index (κ2) is 5.80. The Bertz CT molecular complexity index is 568. The van der Waals surface area contributed by atoms with E-state index in [1.165, 1.54) is 6.07 Å². The maximum atomic E-state index is 13.8. The summed E-state index contributed by atoms with van der Waals surface area (Å²) in [5.41, 5.74) is 0.0544. The van der Waals surface area contributed by atoms with Crippen LogP contribution in [0.25, 0.3) is 0 Å². The van der Waals surface area contributed by atoms with Gasteiger partial charge in [-0.3, -0.25) is 0 Å². The first-order valence-corrected chi connectivity index (χ1v) is 7.59. The molecule has 0 fully saturated rings. The van der Waals surface area contributed by atoms with E-state index in [9.17, 15) is 12.8 Å². The molecular weight excluding hydrogens is 333 g/mol. The number of hydrogen-bond acceptors (Lipinski definition) is 3. The van der Waals surface area contributed by atoms with Crippen LogP contribution in [-0.4, -0.2) is 20.1 Å². The summed E-state index contributed by atoms with van der Waals surface area (Å²) >= 11 is 8.27. The number of hydrogen-bond donors (Lipinski definition) is 0. The number of nitrogens with zero attached hydrogens (tertiary/aromatic N) is 1. The molecule has 1 aromatic rings. The molecule has 0 atom stereocenters. The zero-order valence-corrected chi connectivity index (χ0v) is 11.7. The number of benzene rings is 1. The quantitative estimate of drug-likeness (QED) is 0.792. The Balaban J connectivity index is 3.26. The van der Waals surface area contributed by atoms with Crippen LogP contribution in [0.1, 0.15) is 12.0 Å². The Labute approximate surface area is 112 Å². The van der Waals surface area contributed by atoms with Crippen LogP contribution in [0.3, 0.4) is 0 Å². The Morgan fingerprint density at radius 1 is 1.47 bits per heavy atom. The van der Waals surface area contributed by atoms with Crippen LogP contribution in [0.15, 0.2) is 21.5 Å². The molecule has 0 aromatic heterocycles. The number of alkyl halides is 1. The summed E-state index contributed by atoms with van der Waals surface area (Å²) in [6.07, 6.45) is 0.251. The molecule has 17 heavy (non-hydrogen) atoms. The van der Waals surface area contributed by atoms with Crippen LogP contribution in [0, 0.1) is 17.1 Å². The van der Waals surface area contributed by atoms with Crippen LogP contribution in [0.5, 0.6) is 0 Å². The van der Waals surface area contributed by atoms with Crippen LogP contribution in [0.2, 0.25) is 0 Å². The van der Waals surface area contributed by atoms with Crippen molar-refractivity contribution >= 4 is 37.4 Å². The van der Waals surface area contributed by atoms with Crippen LogP contribution >= 0.6 is 27.5 Å². The third kappa shape index (κ3) is 3.18. The van der Waals surface area contributed by atoms with Crippen LogP contribution in [0.4, 0.5) is 4.39 Å². The molecule has 0 aliphatic carbocycles. The molecule has 0 heterocycles. The Morgan fingerprint density at radius 3 is 2.65 bits per heavy atom. The fourth-order valence-electron chi connectivity index (χ4n) is 1.21. The van der Waals surface area contributed by atoms with E-state index in [4.69, 9.17) is 16.9 Å². The fraction of sp³-hybridized carbons (Fsp3) is 0.300. The Kier molecular flexibility index (Phi) is 4.92. The third-order valence-corrected chi connectivity index (χ3v) is 4.90. The van der Waals surface area contributed by atoms with Gasteiger partial charge in [0.1, 0.15) is 11.0 Å². The van der Waals surface area contributed by atoms with Gasteiger partial charge in [-0.25, -0.2) is 12.8 Å². The predicted octanol–water partition coefficient (Wildman–Crippen LogP) is 2.86. The molecule has 0 N–H and O–H groups in total. The summed E-state index contributed by atoms with van der Waals surface area (Å²) < 4.78 is 37.2. The molecule has 0 unspecified atom stereocenters. The average molecular weight is 341 g/mol. The van der Waals surface area contributed by atoms with Crippen molar-refractivity contribution < 1.29 is 12.8 Å². The van der Waals surface area contributed by atoms with E-state index in [0.717, 1.165) is 6.07 Å². The van der Waals surface area contributed by atoms with E-state index in [1.54, 1.807) is 6.07 Å². The topological polar surface area (TPSA) is 57.9 Å². The molecule has 1 aromatic carbocycles. The van der Waals surface area contributed by atoms with E-state index in [-0.39, 0.29) is 28.1 Å². The third-order valence-electron chi connectivity index (χ3n) is 2.05.